The molecule has 6 nitrogen and oxygen atoms in total. The van der Waals surface area contributed by atoms with Crippen molar-refractivity contribution >= 4 is 49.6 Å². The monoisotopic (exact) mass is 467 g/mol. The Labute approximate surface area is 181 Å². The first-order chi connectivity index (χ1) is 14.6. The number of esters is 1. The molecule has 0 aliphatic rings. The maximum Gasteiger partial charge on any atom is 0.416 e. The molecule has 162 valence electrons. The van der Waals surface area contributed by atoms with E-state index in [0.717, 1.165) is 12.1 Å². The molecular weight excluding hydrogens is 451 g/mol. The molecule has 4 aromatic rings. The second-order valence-electron chi connectivity index (χ2n) is 7.11. The number of thiazole rings is 1. The molecule has 0 amide bonds. The fraction of sp³-hybridized carbons (Fsp3) is 0.300. The minimum Gasteiger partial charge on any atom is -0.463 e. The number of benzene rings is 1. The molecule has 3 heterocycles. The molecule has 0 saturated carbocycles. The van der Waals surface area contributed by atoms with Gasteiger partial charge in [0.05, 0.1) is 45.9 Å². The van der Waals surface area contributed by atoms with E-state index in [1.165, 1.54) is 33.4 Å². The molecule has 0 atom stereocenters. The molecule has 0 radical (unpaired) electrons. The summed E-state index contributed by atoms with van der Waals surface area (Å²) in [5.41, 5.74) is -0.521. The summed E-state index contributed by atoms with van der Waals surface area (Å²) < 4.78 is 45.8. The minimum atomic E-state index is -4.46. The third-order valence-electron chi connectivity index (χ3n) is 4.40. The Balaban J connectivity index is 1.70. The number of hydrogen-bond acceptors (Lipinski definition) is 7. The van der Waals surface area contributed by atoms with Crippen molar-refractivity contribution in [1.29, 1.82) is 0 Å². The highest BCUT2D eigenvalue weighted by molar-refractivity contribution is 7.18. The molecule has 31 heavy (non-hydrogen) atoms. The van der Waals surface area contributed by atoms with Crippen LogP contribution in [0.5, 0.6) is 0 Å². The van der Waals surface area contributed by atoms with E-state index in [4.69, 9.17) is 4.74 Å². The second kappa shape index (κ2) is 8.04. The van der Waals surface area contributed by atoms with Gasteiger partial charge < -0.3 is 4.74 Å². The van der Waals surface area contributed by atoms with Crippen molar-refractivity contribution in [3.05, 3.63) is 55.6 Å². The molecule has 1 aromatic carbocycles. The molecule has 0 aliphatic heterocycles. The molecule has 0 N–H and O–H groups in total. The highest BCUT2D eigenvalue weighted by Gasteiger charge is 2.30. The van der Waals surface area contributed by atoms with Gasteiger partial charge in [0.2, 0.25) is 0 Å². The number of rotatable bonds is 5. The number of carbonyl (C=O) groups excluding carboxylic acids is 1. The van der Waals surface area contributed by atoms with Crippen LogP contribution >= 0.6 is 22.7 Å². The standard InChI is InChI=1S/C20H16F3N3O3S2/c1-10(2)29-18(27)6-14-12-8-30-9-13(12)19(28)26(25-14)7-17-24-15-5-11(20(21,22)23)3-4-16(15)31-17/h3-5,8-10H,6-7H2,1-2H3. The van der Waals surface area contributed by atoms with Crippen LogP contribution < -0.4 is 5.56 Å². The average molecular weight is 467 g/mol. The lowest BCUT2D eigenvalue weighted by atomic mass is 10.2. The molecule has 0 saturated heterocycles. The Morgan fingerprint density at radius 1 is 1.23 bits per heavy atom. The van der Waals surface area contributed by atoms with Crippen LogP contribution in [0.3, 0.4) is 0 Å². The van der Waals surface area contributed by atoms with Gasteiger partial charge in [0.15, 0.2) is 0 Å². The summed E-state index contributed by atoms with van der Waals surface area (Å²) >= 11 is 2.51. The van der Waals surface area contributed by atoms with Crippen molar-refractivity contribution in [2.24, 2.45) is 0 Å². The lowest BCUT2D eigenvalue weighted by Gasteiger charge is -2.10. The third kappa shape index (κ3) is 4.47. The highest BCUT2D eigenvalue weighted by Crippen LogP contribution is 2.33. The molecule has 0 spiro atoms. The summed E-state index contributed by atoms with van der Waals surface area (Å²) in [4.78, 5) is 29.2. The Bertz CT molecular complexity index is 1340. The first-order valence-corrected chi connectivity index (χ1v) is 11.0. The van der Waals surface area contributed by atoms with Gasteiger partial charge in [0, 0.05) is 16.1 Å². The lowest BCUT2D eigenvalue weighted by molar-refractivity contribution is -0.146. The topological polar surface area (TPSA) is 74.1 Å². The van der Waals surface area contributed by atoms with Gasteiger partial charge in [-0.1, -0.05) is 0 Å². The Kier molecular flexibility index (Phi) is 5.56. The van der Waals surface area contributed by atoms with Crippen molar-refractivity contribution in [2.45, 2.75) is 39.1 Å². The summed E-state index contributed by atoms with van der Waals surface area (Å²) in [7, 11) is 0. The SMILES string of the molecule is CC(C)OC(=O)Cc1nn(Cc2nc3cc(C(F)(F)F)ccc3s2)c(=O)c2cscc12. The zero-order valence-electron chi connectivity index (χ0n) is 16.4. The zero-order valence-corrected chi connectivity index (χ0v) is 18.0. The fourth-order valence-corrected chi connectivity index (χ4v) is 4.86. The number of ether oxygens (including phenoxy) is 1. The van der Waals surface area contributed by atoms with Gasteiger partial charge in [-0.15, -0.1) is 11.3 Å². The molecular formula is C20H16F3N3O3S2. The van der Waals surface area contributed by atoms with Gasteiger partial charge in [0.25, 0.3) is 5.56 Å². The largest absolute Gasteiger partial charge is 0.463 e. The third-order valence-corrected chi connectivity index (χ3v) is 6.17. The van der Waals surface area contributed by atoms with Gasteiger partial charge in [-0.3, -0.25) is 9.59 Å². The predicted octanol–water partition coefficient (Wildman–Crippen LogP) is 4.63. The van der Waals surface area contributed by atoms with Crippen LogP contribution in [0.15, 0.2) is 33.8 Å². The van der Waals surface area contributed by atoms with Gasteiger partial charge in [-0.05, 0) is 32.0 Å². The maximum atomic E-state index is 13.0. The van der Waals surface area contributed by atoms with E-state index in [0.29, 0.717) is 26.2 Å². The summed E-state index contributed by atoms with van der Waals surface area (Å²) in [6.07, 6.45) is -4.83. The van der Waals surface area contributed by atoms with Gasteiger partial charge >= 0.3 is 12.1 Å². The Hall–Kier alpha value is -2.79. The van der Waals surface area contributed by atoms with Gasteiger partial charge in [-0.2, -0.15) is 29.6 Å². The van der Waals surface area contributed by atoms with E-state index in [1.807, 2.05) is 0 Å². The van der Waals surface area contributed by atoms with E-state index in [1.54, 1.807) is 24.6 Å². The van der Waals surface area contributed by atoms with E-state index >= 15 is 0 Å². The second-order valence-corrected chi connectivity index (χ2v) is 8.97. The summed E-state index contributed by atoms with van der Waals surface area (Å²) in [5, 5.41) is 9.22. The van der Waals surface area contributed by atoms with Crippen molar-refractivity contribution in [3.8, 4) is 0 Å². The number of halogens is 3. The molecule has 0 fully saturated rings. The van der Waals surface area contributed by atoms with E-state index < -0.39 is 17.7 Å². The smallest absolute Gasteiger partial charge is 0.416 e. The molecule has 0 bridgehead atoms. The van der Waals surface area contributed by atoms with Crippen molar-refractivity contribution in [1.82, 2.24) is 14.8 Å². The molecule has 11 heteroatoms. The number of aromatic nitrogens is 3. The summed E-state index contributed by atoms with van der Waals surface area (Å²) in [6, 6.07) is 3.36. The number of alkyl halides is 3. The predicted molar refractivity (Wildman–Crippen MR) is 113 cm³/mol. The first kappa shape index (κ1) is 21.4. The summed E-state index contributed by atoms with van der Waals surface area (Å²) in [6.45, 7) is 3.46. The Morgan fingerprint density at radius 2 is 1.97 bits per heavy atom. The zero-order chi connectivity index (χ0) is 22.3. The van der Waals surface area contributed by atoms with Crippen molar-refractivity contribution in [2.75, 3.05) is 0 Å². The first-order valence-electron chi connectivity index (χ1n) is 9.24. The molecule has 0 unspecified atom stereocenters. The van der Waals surface area contributed by atoms with Gasteiger partial charge in [0.1, 0.15) is 5.01 Å². The van der Waals surface area contributed by atoms with Crippen molar-refractivity contribution in [3.63, 3.8) is 0 Å². The number of hydrogen-bond donors (Lipinski definition) is 0. The molecule has 0 aliphatic carbocycles. The summed E-state index contributed by atoms with van der Waals surface area (Å²) in [5.74, 6) is -0.458. The quantitative estimate of drug-likeness (QED) is 0.400. The van der Waals surface area contributed by atoms with Gasteiger partial charge in [-0.25, -0.2) is 9.67 Å². The number of fused-ring (bicyclic) bond motifs is 2. The van der Waals surface area contributed by atoms with E-state index in [-0.39, 0.29) is 30.1 Å². The maximum absolute atomic E-state index is 13.0. The molecule has 3 aromatic heterocycles. The van der Waals surface area contributed by atoms with Crippen LogP contribution in [0.25, 0.3) is 21.0 Å². The van der Waals surface area contributed by atoms with Crippen molar-refractivity contribution < 1.29 is 22.7 Å². The number of carbonyl (C=O) groups is 1. The fourth-order valence-electron chi connectivity index (χ4n) is 3.10. The normalized spacial score (nSPS) is 12.2. The Morgan fingerprint density at radius 3 is 2.68 bits per heavy atom. The number of thiophene rings is 1. The number of nitrogens with zero attached hydrogens (tertiary/aromatic N) is 3. The minimum absolute atomic E-state index is 0.0163. The van der Waals surface area contributed by atoms with Crippen LogP contribution in [0.1, 0.15) is 30.1 Å². The highest BCUT2D eigenvalue weighted by atomic mass is 32.1. The molecule has 4 rings (SSSR count). The van der Waals surface area contributed by atoms with E-state index in [2.05, 4.69) is 10.1 Å². The van der Waals surface area contributed by atoms with Crippen LogP contribution in [0.4, 0.5) is 13.2 Å². The van der Waals surface area contributed by atoms with Crippen LogP contribution in [-0.2, 0) is 28.7 Å². The van der Waals surface area contributed by atoms with Crippen LogP contribution in [-0.4, -0.2) is 26.8 Å². The van der Waals surface area contributed by atoms with Crippen LogP contribution in [0.2, 0.25) is 0 Å². The van der Waals surface area contributed by atoms with Crippen LogP contribution in [0, 0.1) is 0 Å². The lowest BCUT2D eigenvalue weighted by Crippen LogP contribution is -2.26. The van der Waals surface area contributed by atoms with E-state index in [9.17, 15) is 22.8 Å². The average Bonchev–Trinajstić information content (AvgIpc) is 3.30.